The monoisotopic (exact) mass is 188 g/mol. The third-order valence-electron chi connectivity index (χ3n) is 2.00. The van der Waals surface area contributed by atoms with Crippen molar-refractivity contribution in [3.8, 4) is 0 Å². The topological polar surface area (TPSA) is 0 Å². The average Bonchev–Trinajstić information content (AvgIpc) is 2.24. The van der Waals surface area contributed by atoms with Gasteiger partial charge in [0.05, 0.1) is 0 Å². The fourth-order valence-electron chi connectivity index (χ4n) is 0.947. The van der Waals surface area contributed by atoms with Crippen molar-refractivity contribution in [3.05, 3.63) is 0 Å². The van der Waals surface area contributed by atoms with E-state index in [2.05, 4.69) is 20.8 Å². The molecule has 0 N–H and O–H groups in total. The smallest absolute Gasteiger partial charge is 0.0445 e. The maximum absolute atomic E-state index is 2.34. The largest absolute Gasteiger partial charge is 0.0683 e. The molecule has 0 aromatic carbocycles. The van der Waals surface area contributed by atoms with Crippen molar-refractivity contribution in [2.45, 2.75) is 80.6 Å². The van der Waals surface area contributed by atoms with E-state index < -0.39 is 0 Å². The van der Waals surface area contributed by atoms with Crippen molar-refractivity contribution in [2.75, 3.05) is 0 Å². The summed E-state index contributed by atoms with van der Waals surface area (Å²) in [5, 5.41) is 0. The Balaban J connectivity index is -0.000000218. The minimum Gasteiger partial charge on any atom is -0.0683 e. The van der Waals surface area contributed by atoms with E-state index in [0.717, 1.165) is 5.92 Å². The van der Waals surface area contributed by atoms with Crippen LogP contribution in [0.3, 0.4) is 0 Å². The van der Waals surface area contributed by atoms with Crippen molar-refractivity contribution in [2.24, 2.45) is 5.92 Å². The summed E-state index contributed by atoms with van der Waals surface area (Å²) in [6.45, 7) is 14.9. The predicted octanol–water partition coefficient (Wildman–Crippen LogP) is 5.67. The minimum atomic E-state index is 0.955. The van der Waals surface area contributed by atoms with Crippen LogP contribution in [0, 0.1) is 5.92 Å². The van der Waals surface area contributed by atoms with Gasteiger partial charge < -0.3 is 0 Å². The lowest BCUT2D eigenvalue weighted by atomic mass is 10.0. The van der Waals surface area contributed by atoms with Gasteiger partial charge in [0.15, 0.2) is 0 Å². The first-order chi connectivity index (χ1) is 6.31. The SMILES string of the molecule is CC.CC.CCCCCC(C)CC. The van der Waals surface area contributed by atoms with Crippen LogP contribution in [0.15, 0.2) is 0 Å². The predicted molar refractivity (Wildman–Crippen MR) is 66.3 cm³/mol. The third kappa shape index (κ3) is 24.5. The summed E-state index contributed by atoms with van der Waals surface area (Å²) >= 11 is 0. The Morgan fingerprint density at radius 3 is 1.62 bits per heavy atom. The quantitative estimate of drug-likeness (QED) is 0.488. The van der Waals surface area contributed by atoms with Gasteiger partial charge in [0.2, 0.25) is 0 Å². The van der Waals surface area contributed by atoms with Gasteiger partial charge in [-0.25, -0.2) is 0 Å². The molecule has 0 amide bonds. The second-order valence-electron chi connectivity index (χ2n) is 3.01. The second kappa shape index (κ2) is 22.7. The average molecular weight is 188 g/mol. The lowest BCUT2D eigenvalue weighted by Gasteiger charge is -2.05. The fraction of sp³-hybridized carbons (Fsp3) is 1.00. The molecule has 0 fully saturated rings. The van der Waals surface area contributed by atoms with E-state index in [1.54, 1.807) is 0 Å². The molecule has 1 atom stereocenters. The summed E-state index contributed by atoms with van der Waals surface area (Å²) in [6, 6.07) is 0. The lowest BCUT2D eigenvalue weighted by molar-refractivity contribution is 0.482. The highest BCUT2D eigenvalue weighted by Gasteiger charge is 1.95. The van der Waals surface area contributed by atoms with E-state index in [1.807, 2.05) is 27.7 Å². The minimum absolute atomic E-state index is 0.955. The highest BCUT2D eigenvalue weighted by molar-refractivity contribution is 4.49. The van der Waals surface area contributed by atoms with Gasteiger partial charge in [0.1, 0.15) is 0 Å². The lowest BCUT2D eigenvalue weighted by Crippen LogP contribution is -1.90. The van der Waals surface area contributed by atoms with Crippen LogP contribution in [-0.4, -0.2) is 0 Å². The van der Waals surface area contributed by atoms with E-state index in [1.165, 1.54) is 32.1 Å². The number of hydrogen-bond acceptors (Lipinski definition) is 0. The first kappa shape index (κ1) is 18.7. The highest BCUT2D eigenvalue weighted by atomic mass is 14.0. The molecule has 0 saturated heterocycles. The molecule has 0 aliphatic carbocycles. The summed E-state index contributed by atoms with van der Waals surface area (Å²) in [4.78, 5) is 0. The Labute approximate surface area is 87.1 Å². The van der Waals surface area contributed by atoms with Crippen LogP contribution in [0.25, 0.3) is 0 Å². The van der Waals surface area contributed by atoms with Gasteiger partial charge in [-0.1, -0.05) is 80.6 Å². The van der Waals surface area contributed by atoms with E-state index in [0.29, 0.717) is 0 Å². The molecule has 13 heavy (non-hydrogen) atoms. The molecule has 1 unspecified atom stereocenters. The number of hydrogen-bond donors (Lipinski definition) is 0. The summed E-state index contributed by atoms with van der Waals surface area (Å²) in [5.74, 6) is 0.955. The first-order valence-electron chi connectivity index (χ1n) is 6.31. The van der Waals surface area contributed by atoms with Crippen molar-refractivity contribution in [1.82, 2.24) is 0 Å². The van der Waals surface area contributed by atoms with Crippen LogP contribution in [0.2, 0.25) is 0 Å². The van der Waals surface area contributed by atoms with Gasteiger partial charge in [-0.05, 0) is 5.92 Å². The van der Waals surface area contributed by atoms with Crippen molar-refractivity contribution >= 4 is 0 Å². The molecule has 0 spiro atoms. The zero-order valence-electron chi connectivity index (χ0n) is 11.1. The highest BCUT2D eigenvalue weighted by Crippen LogP contribution is 2.11. The van der Waals surface area contributed by atoms with Crippen LogP contribution in [0.1, 0.15) is 80.6 Å². The van der Waals surface area contributed by atoms with Crippen LogP contribution in [-0.2, 0) is 0 Å². The molecule has 0 heteroatoms. The zero-order chi connectivity index (χ0) is 11.1. The van der Waals surface area contributed by atoms with Crippen LogP contribution < -0.4 is 0 Å². The Kier molecular flexibility index (Phi) is 32.7. The van der Waals surface area contributed by atoms with Gasteiger partial charge in [-0.2, -0.15) is 0 Å². The zero-order valence-corrected chi connectivity index (χ0v) is 11.1. The van der Waals surface area contributed by atoms with Crippen molar-refractivity contribution in [1.29, 1.82) is 0 Å². The van der Waals surface area contributed by atoms with Crippen LogP contribution in [0.5, 0.6) is 0 Å². The molecule has 0 aromatic rings. The normalized spacial score (nSPS) is 10.4. The van der Waals surface area contributed by atoms with Crippen LogP contribution >= 0.6 is 0 Å². The molecule has 0 aliphatic rings. The van der Waals surface area contributed by atoms with Crippen molar-refractivity contribution in [3.63, 3.8) is 0 Å². The molecule has 0 radical (unpaired) electrons. The van der Waals surface area contributed by atoms with Gasteiger partial charge in [-0.15, -0.1) is 0 Å². The fourth-order valence-corrected chi connectivity index (χ4v) is 0.947. The standard InChI is InChI=1S/C9H20.2C2H6/c1-4-6-7-8-9(3)5-2;2*1-2/h9H,4-8H2,1-3H3;2*1-2H3. The maximum atomic E-state index is 2.34. The Morgan fingerprint density at radius 2 is 1.31 bits per heavy atom. The molecular weight excluding hydrogens is 156 g/mol. The number of unbranched alkanes of at least 4 members (excludes halogenated alkanes) is 2. The summed E-state index contributed by atoms with van der Waals surface area (Å²) in [5.41, 5.74) is 0. The number of rotatable bonds is 5. The van der Waals surface area contributed by atoms with Crippen molar-refractivity contribution < 1.29 is 0 Å². The van der Waals surface area contributed by atoms with E-state index in [4.69, 9.17) is 0 Å². The van der Waals surface area contributed by atoms with Crippen LogP contribution in [0.4, 0.5) is 0 Å². The molecule has 84 valence electrons. The third-order valence-corrected chi connectivity index (χ3v) is 2.00. The Bertz CT molecular complexity index is 48.0. The first-order valence-corrected chi connectivity index (χ1v) is 6.31. The summed E-state index contributed by atoms with van der Waals surface area (Å²) < 4.78 is 0. The van der Waals surface area contributed by atoms with Gasteiger partial charge in [0.25, 0.3) is 0 Å². The molecular formula is C13H32. The summed E-state index contributed by atoms with van der Waals surface area (Å²) in [6.07, 6.45) is 7.00. The van der Waals surface area contributed by atoms with E-state index >= 15 is 0 Å². The van der Waals surface area contributed by atoms with Gasteiger partial charge in [0, 0.05) is 0 Å². The molecule has 0 bridgehead atoms. The Hall–Kier alpha value is 0. The maximum Gasteiger partial charge on any atom is -0.0445 e. The molecule has 0 aromatic heterocycles. The van der Waals surface area contributed by atoms with E-state index in [9.17, 15) is 0 Å². The molecule has 0 nitrogen and oxygen atoms in total. The van der Waals surface area contributed by atoms with E-state index in [-0.39, 0.29) is 0 Å². The summed E-state index contributed by atoms with van der Waals surface area (Å²) in [7, 11) is 0. The molecule has 0 aliphatic heterocycles. The molecule has 0 saturated carbocycles. The second-order valence-corrected chi connectivity index (χ2v) is 3.01. The molecule has 0 heterocycles. The van der Waals surface area contributed by atoms with Gasteiger partial charge >= 0.3 is 0 Å². The van der Waals surface area contributed by atoms with Gasteiger partial charge in [-0.3, -0.25) is 0 Å². The molecule has 0 rings (SSSR count). The Morgan fingerprint density at radius 1 is 0.846 bits per heavy atom.